The molecule has 1 aliphatic rings. The maximum atomic E-state index is 12.3. The fraction of sp³-hybridized carbons (Fsp3) is 0.500. The predicted molar refractivity (Wildman–Crippen MR) is 91.6 cm³/mol. The molecule has 2 amide bonds. The van der Waals surface area contributed by atoms with Gasteiger partial charge < -0.3 is 15.4 Å². The molecule has 3 N–H and O–H groups in total. The van der Waals surface area contributed by atoms with Crippen molar-refractivity contribution in [3.63, 3.8) is 0 Å². The Morgan fingerprint density at radius 2 is 2.00 bits per heavy atom. The van der Waals surface area contributed by atoms with Crippen LogP contribution in [0, 0.1) is 0 Å². The van der Waals surface area contributed by atoms with E-state index < -0.39 is 22.0 Å². The number of methoxy groups -OCH3 is 1. The van der Waals surface area contributed by atoms with Crippen molar-refractivity contribution in [3.8, 4) is 0 Å². The smallest absolute Gasteiger partial charge is 0.251 e. The number of rotatable bonds is 7. The average Bonchev–Trinajstić information content (AvgIpc) is 2.80. The lowest BCUT2D eigenvalue weighted by atomic mass is 10.1. The number of hydrogen-bond donors (Lipinski definition) is 3. The van der Waals surface area contributed by atoms with Crippen molar-refractivity contribution in [2.45, 2.75) is 30.2 Å². The normalized spacial score (nSPS) is 18.3. The lowest BCUT2D eigenvalue weighted by molar-refractivity contribution is -0.122. The van der Waals surface area contributed by atoms with Gasteiger partial charge in [0.05, 0.1) is 11.5 Å². The van der Waals surface area contributed by atoms with E-state index in [2.05, 4.69) is 15.4 Å². The molecule has 1 aromatic carbocycles. The van der Waals surface area contributed by atoms with Crippen LogP contribution in [-0.2, 0) is 19.6 Å². The van der Waals surface area contributed by atoms with Crippen LogP contribution in [0.15, 0.2) is 29.2 Å². The third-order valence-corrected chi connectivity index (χ3v) is 5.34. The first-order chi connectivity index (χ1) is 11.9. The van der Waals surface area contributed by atoms with E-state index >= 15 is 0 Å². The van der Waals surface area contributed by atoms with E-state index in [-0.39, 0.29) is 24.0 Å². The standard InChI is InChI=1S/C16H23N3O5S/c1-24-11-10-18-25(22,23)13-7-5-12(6-8-13)15(20)19-14-4-2-3-9-17-16(14)21/h5-8,14,18H,2-4,9-11H2,1H3,(H,17,21)(H,19,20). The van der Waals surface area contributed by atoms with E-state index in [9.17, 15) is 18.0 Å². The van der Waals surface area contributed by atoms with E-state index in [0.717, 1.165) is 12.8 Å². The van der Waals surface area contributed by atoms with Crippen LogP contribution in [-0.4, -0.2) is 53.1 Å². The Bertz CT molecular complexity index is 703. The Balaban J connectivity index is 2.01. The van der Waals surface area contributed by atoms with Crippen molar-refractivity contribution in [2.75, 3.05) is 26.8 Å². The second-order valence-electron chi connectivity index (χ2n) is 5.73. The summed E-state index contributed by atoms with van der Waals surface area (Å²) in [4.78, 5) is 24.2. The van der Waals surface area contributed by atoms with Gasteiger partial charge in [0.1, 0.15) is 6.04 Å². The van der Waals surface area contributed by atoms with Gasteiger partial charge in [0.2, 0.25) is 15.9 Å². The minimum Gasteiger partial charge on any atom is -0.383 e. The predicted octanol–water partition coefficient (Wildman–Crippen LogP) is 0.00980. The van der Waals surface area contributed by atoms with E-state index in [1.165, 1.54) is 31.4 Å². The molecule has 1 heterocycles. The Labute approximate surface area is 147 Å². The van der Waals surface area contributed by atoms with Crippen LogP contribution in [0.1, 0.15) is 29.6 Å². The molecule has 1 aliphatic heterocycles. The summed E-state index contributed by atoms with van der Waals surface area (Å²) in [5.41, 5.74) is 0.299. The van der Waals surface area contributed by atoms with Crippen molar-refractivity contribution in [1.29, 1.82) is 0 Å². The zero-order chi connectivity index (χ0) is 18.3. The Morgan fingerprint density at radius 3 is 2.68 bits per heavy atom. The molecule has 9 heteroatoms. The van der Waals surface area contributed by atoms with Crippen LogP contribution in [0.3, 0.4) is 0 Å². The second kappa shape index (κ2) is 8.93. The summed E-state index contributed by atoms with van der Waals surface area (Å²) in [6, 6.07) is 5.01. The largest absolute Gasteiger partial charge is 0.383 e. The third-order valence-electron chi connectivity index (χ3n) is 3.87. The molecular weight excluding hydrogens is 346 g/mol. The molecule has 2 rings (SSSR count). The van der Waals surface area contributed by atoms with Crippen LogP contribution in [0.4, 0.5) is 0 Å². The summed E-state index contributed by atoms with van der Waals surface area (Å²) in [5, 5.41) is 5.45. The molecule has 0 bridgehead atoms. The van der Waals surface area contributed by atoms with Gasteiger partial charge in [-0.15, -0.1) is 0 Å². The van der Waals surface area contributed by atoms with Crippen LogP contribution in [0.5, 0.6) is 0 Å². The number of nitrogens with one attached hydrogen (secondary N) is 3. The van der Waals surface area contributed by atoms with Gasteiger partial charge in [-0.05, 0) is 43.5 Å². The fourth-order valence-corrected chi connectivity index (χ4v) is 3.48. The van der Waals surface area contributed by atoms with Crippen molar-refractivity contribution in [2.24, 2.45) is 0 Å². The number of benzene rings is 1. The minimum atomic E-state index is -3.64. The van der Waals surface area contributed by atoms with Crippen molar-refractivity contribution in [3.05, 3.63) is 29.8 Å². The first-order valence-corrected chi connectivity index (χ1v) is 9.59. The summed E-state index contributed by atoms with van der Waals surface area (Å²) in [6.45, 7) is 1.05. The third kappa shape index (κ3) is 5.52. The average molecular weight is 369 g/mol. The molecule has 1 atom stereocenters. The minimum absolute atomic E-state index is 0.0624. The number of hydrogen-bond acceptors (Lipinski definition) is 5. The molecule has 0 aliphatic carbocycles. The molecule has 1 aromatic rings. The summed E-state index contributed by atoms with van der Waals surface area (Å²) in [6.07, 6.45) is 2.34. The summed E-state index contributed by atoms with van der Waals surface area (Å²) in [7, 11) is -2.16. The maximum Gasteiger partial charge on any atom is 0.251 e. The highest BCUT2D eigenvalue weighted by atomic mass is 32.2. The molecule has 25 heavy (non-hydrogen) atoms. The Hall–Kier alpha value is -1.97. The zero-order valence-electron chi connectivity index (χ0n) is 14.1. The SMILES string of the molecule is COCCNS(=O)(=O)c1ccc(C(=O)NC2CCCCNC2=O)cc1. The van der Waals surface area contributed by atoms with Crippen LogP contribution < -0.4 is 15.4 Å². The molecule has 8 nitrogen and oxygen atoms in total. The maximum absolute atomic E-state index is 12.3. The van der Waals surface area contributed by atoms with Gasteiger partial charge in [0.15, 0.2) is 0 Å². The fourth-order valence-electron chi connectivity index (χ4n) is 2.47. The number of amides is 2. The highest BCUT2D eigenvalue weighted by Gasteiger charge is 2.23. The van der Waals surface area contributed by atoms with Crippen molar-refractivity contribution < 1.29 is 22.7 Å². The lowest BCUT2D eigenvalue weighted by Gasteiger charge is -2.15. The van der Waals surface area contributed by atoms with Crippen molar-refractivity contribution >= 4 is 21.8 Å². The van der Waals surface area contributed by atoms with Crippen LogP contribution >= 0.6 is 0 Å². The van der Waals surface area contributed by atoms with Gasteiger partial charge in [-0.25, -0.2) is 13.1 Å². The number of carbonyl (C=O) groups excluding carboxylic acids is 2. The van der Waals surface area contributed by atoms with Gasteiger partial charge in [-0.1, -0.05) is 0 Å². The molecule has 0 radical (unpaired) electrons. The highest BCUT2D eigenvalue weighted by Crippen LogP contribution is 2.12. The zero-order valence-corrected chi connectivity index (χ0v) is 14.9. The Kier molecular flexibility index (Phi) is 6.91. The van der Waals surface area contributed by atoms with E-state index in [1.54, 1.807) is 0 Å². The molecule has 1 fully saturated rings. The Morgan fingerprint density at radius 1 is 1.28 bits per heavy atom. The van der Waals surface area contributed by atoms with E-state index in [1.807, 2.05) is 0 Å². The topological polar surface area (TPSA) is 114 Å². The van der Waals surface area contributed by atoms with Gasteiger partial charge in [0, 0.05) is 25.8 Å². The summed E-state index contributed by atoms with van der Waals surface area (Å²) < 4.78 is 31.3. The quantitative estimate of drug-likeness (QED) is 0.586. The number of ether oxygens (including phenoxy) is 1. The van der Waals surface area contributed by atoms with Gasteiger partial charge in [0.25, 0.3) is 5.91 Å². The first-order valence-electron chi connectivity index (χ1n) is 8.11. The van der Waals surface area contributed by atoms with Crippen LogP contribution in [0.2, 0.25) is 0 Å². The molecule has 1 saturated heterocycles. The molecule has 138 valence electrons. The molecule has 0 spiro atoms. The molecule has 0 saturated carbocycles. The van der Waals surface area contributed by atoms with E-state index in [0.29, 0.717) is 18.5 Å². The van der Waals surface area contributed by atoms with Crippen molar-refractivity contribution in [1.82, 2.24) is 15.4 Å². The van der Waals surface area contributed by atoms with Gasteiger partial charge in [-0.3, -0.25) is 9.59 Å². The summed E-state index contributed by atoms with van der Waals surface area (Å²) >= 11 is 0. The first kappa shape index (κ1) is 19.4. The monoisotopic (exact) mass is 369 g/mol. The number of carbonyl (C=O) groups is 2. The van der Waals surface area contributed by atoms with Crippen LogP contribution in [0.25, 0.3) is 0 Å². The summed E-state index contributed by atoms with van der Waals surface area (Å²) in [5.74, 6) is -0.592. The van der Waals surface area contributed by atoms with E-state index in [4.69, 9.17) is 4.74 Å². The van der Waals surface area contributed by atoms with Gasteiger partial charge in [-0.2, -0.15) is 0 Å². The molecule has 0 aromatic heterocycles. The number of sulfonamides is 1. The molecular formula is C16H23N3O5S. The molecule has 1 unspecified atom stereocenters. The second-order valence-corrected chi connectivity index (χ2v) is 7.49. The highest BCUT2D eigenvalue weighted by molar-refractivity contribution is 7.89. The lowest BCUT2D eigenvalue weighted by Crippen LogP contribution is -2.45. The van der Waals surface area contributed by atoms with Gasteiger partial charge >= 0.3 is 0 Å².